The lowest BCUT2D eigenvalue weighted by molar-refractivity contribution is -0.138. The predicted octanol–water partition coefficient (Wildman–Crippen LogP) is 4.03. The molecule has 1 N–H and O–H groups in total. The van der Waals surface area contributed by atoms with Crippen LogP contribution in [0.4, 0.5) is 13.2 Å². The first-order chi connectivity index (χ1) is 16.4. The number of nitrogens with one attached hydrogen (secondary N) is 1. The Hall–Kier alpha value is -3.47. The normalized spacial score (nSPS) is 19.6. The van der Waals surface area contributed by atoms with Gasteiger partial charge >= 0.3 is 6.18 Å². The largest absolute Gasteiger partial charge is 0.484 e. The molecule has 1 fully saturated rings. The van der Waals surface area contributed by atoms with Gasteiger partial charge in [0.05, 0.1) is 34.9 Å². The van der Waals surface area contributed by atoms with Crippen molar-refractivity contribution >= 4 is 16.8 Å². The standard InChI is InChI=1S/C24H25F3N4O4/c1-12-10-31(11-13(2)34-12)23(33)20-6-5-16(9-28-20)35-14(3)17-7-18-21(8-19(17)24(25,26)27)29-15(4)30-22(18)32/h5-9,12-14H,10-11H2,1-4H3,(H,29,30,32)/t12-,13+,14-/m0/s1. The van der Waals surface area contributed by atoms with Gasteiger partial charge in [0.2, 0.25) is 0 Å². The number of ether oxygens (including phenoxy) is 2. The highest BCUT2D eigenvalue weighted by Crippen LogP contribution is 2.37. The second-order valence-electron chi connectivity index (χ2n) is 8.71. The molecule has 0 aliphatic carbocycles. The molecule has 1 aromatic carbocycles. The van der Waals surface area contributed by atoms with Crippen molar-refractivity contribution in [3.05, 3.63) is 63.5 Å². The number of carbonyl (C=O) groups is 1. The van der Waals surface area contributed by atoms with E-state index in [4.69, 9.17) is 9.47 Å². The van der Waals surface area contributed by atoms with Crippen molar-refractivity contribution in [3.63, 3.8) is 0 Å². The number of halogens is 3. The summed E-state index contributed by atoms with van der Waals surface area (Å²) in [4.78, 5) is 37.4. The molecule has 4 rings (SSSR count). The van der Waals surface area contributed by atoms with Gasteiger partial charge in [-0.15, -0.1) is 0 Å². The third kappa shape index (κ3) is 5.29. The minimum atomic E-state index is -4.68. The third-order valence-corrected chi connectivity index (χ3v) is 5.71. The van der Waals surface area contributed by atoms with Gasteiger partial charge in [0.1, 0.15) is 23.4 Å². The number of fused-ring (bicyclic) bond motifs is 1. The number of amides is 1. The van der Waals surface area contributed by atoms with Gasteiger partial charge in [-0.25, -0.2) is 9.97 Å². The van der Waals surface area contributed by atoms with Crippen molar-refractivity contribution in [2.24, 2.45) is 0 Å². The van der Waals surface area contributed by atoms with E-state index in [1.54, 1.807) is 4.90 Å². The fourth-order valence-corrected chi connectivity index (χ4v) is 4.25. The first-order valence-corrected chi connectivity index (χ1v) is 11.1. The summed E-state index contributed by atoms with van der Waals surface area (Å²) in [5.41, 5.74) is -1.54. The molecule has 35 heavy (non-hydrogen) atoms. The zero-order valence-electron chi connectivity index (χ0n) is 19.6. The van der Waals surface area contributed by atoms with Crippen LogP contribution in [0.3, 0.4) is 0 Å². The van der Waals surface area contributed by atoms with E-state index in [9.17, 15) is 22.8 Å². The number of nitrogens with zero attached hydrogens (tertiary/aromatic N) is 3. The Balaban J connectivity index is 1.59. The van der Waals surface area contributed by atoms with Crippen LogP contribution in [-0.4, -0.2) is 51.1 Å². The molecule has 0 unspecified atom stereocenters. The number of H-pyrrole nitrogens is 1. The molecule has 0 saturated carbocycles. The molecular weight excluding hydrogens is 465 g/mol. The topological polar surface area (TPSA) is 97.4 Å². The summed E-state index contributed by atoms with van der Waals surface area (Å²) in [6, 6.07) is 4.96. The zero-order chi connectivity index (χ0) is 25.5. The minimum Gasteiger partial charge on any atom is -0.484 e. The summed E-state index contributed by atoms with van der Waals surface area (Å²) < 4.78 is 52.8. The fraction of sp³-hybridized carbons (Fsp3) is 0.417. The van der Waals surface area contributed by atoms with Crippen LogP contribution in [0.15, 0.2) is 35.3 Å². The van der Waals surface area contributed by atoms with E-state index in [0.29, 0.717) is 13.1 Å². The first kappa shape index (κ1) is 24.6. The molecule has 0 radical (unpaired) electrons. The Morgan fingerprint density at radius 1 is 1.23 bits per heavy atom. The number of aromatic amines is 1. The van der Waals surface area contributed by atoms with Crippen molar-refractivity contribution in [2.75, 3.05) is 13.1 Å². The van der Waals surface area contributed by atoms with Gasteiger partial charge in [0, 0.05) is 18.7 Å². The smallest absolute Gasteiger partial charge is 0.416 e. The van der Waals surface area contributed by atoms with Gasteiger partial charge in [-0.2, -0.15) is 13.2 Å². The van der Waals surface area contributed by atoms with Crippen molar-refractivity contribution in [1.29, 1.82) is 0 Å². The Bertz CT molecular complexity index is 1300. The summed E-state index contributed by atoms with van der Waals surface area (Å²) in [7, 11) is 0. The number of aromatic nitrogens is 3. The van der Waals surface area contributed by atoms with Crippen LogP contribution in [0.25, 0.3) is 10.9 Å². The van der Waals surface area contributed by atoms with Crippen molar-refractivity contribution in [2.45, 2.75) is 52.2 Å². The van der Waals surface area contributed by atoms with E-state index >= 15 is 0 Å². The summed E-state index contributed by atoms with van der Waals surface area (Å²) in [5, 5.41) is 0.0297. The summed E-state index contributed by atoms with van der Waals surface area (Å²) in [6.07, 6.45) is -4.64. The van der Waals surface area contributed by atoms with Crippen LogP contribution in [0.2, 0.25) is 0 Å². The van der Waals surface area contributed by atoms with Gasteiger partial charge in [0.15, 0.2) is 0 Å². The number of rotatable bonds is 4. The van der Waals surface area contributed by atoms with E-state index in [0.717, 1.165) is 12.1 Å². The number of hydrogen-bond acceptors (Lipinski definition) is 6. The van der Waals surface area contributed by atoms with Gasteiger partial charge in [0.25, 0.3) is 11.5 Å². The van der Waals surface area contributed by atoms with Crippen LogP contribution < -0.4 is 10.3 Å². The highest BCUT2D eigenvalue weighted by molar-refractivity contribution is 5.92. The Morgan fingerprint density at radius 3 is 2.51 bits per heavy atom. The molecule has 0 spiro atoms. The average Bonchev–Trinajstić information content (AvgIpc) is 2.77. The maximum atomic E-state index is 13.8. The van der Waals surface area contributed by atoms with E-state index < -0.39 is 23.4 Å². The van der Waals surface area contributed by atoms with E-state index in [2.05, 4.69) is 15.0 Å². The van der Waals surface area contributed by atoms with Crippen LogP contribution in [0, 0.1) is 6.92 Å². The molecule has 2 aromatic heterocycles. The lowest BCUT2D eigenvalue weighted by Gasteiger charge is -2.35. The zero-order valence-corrected chi connectivity index (χ0v) is 19.6. The molecule has 1 amide bonds. The Kier molecular flexibility index (Phi) is 6.54. The highest BCUT2D eigenvalue weighted by Gasteiger charge is 2.36. The average molecular weight is 490 g/mol. The number of pyridine rings is 1. The molecular formula is C24H25F3N4O4. The summed E-state index contributed by atoms with van der Waals surface area (Å²) in [6.45, 7) is 7.59. The molecule has 3 atom stereocenters. The lowest BCUT2D eigenvalue weighted by Crippen LogP contribution is -2.48. The quantitative estimate of drug-likeness (QED) is 0.593. The Morgan fingerprint density at radius 2 is 1.91 bits per heavy atom. The van der Waals surface area contributed by atoms with Gasteiger partial charge in [-0.3, -0.25) is 9.59 Å². The number of hydrogen-bond donors (Lipinski definition) is 1. The number of alkyl halides is 3. The van der Waals surface area contributed by atoms with E-state index in [-0.39, 0.29) is 51.8 Å². The SMILES string of the molecule is Cc1nc2cc(C(F)(F)F)c([C@H](C)Oc3ccc(C(=O)N4C[C@@H](C)O[C@@H](C)C4)nc3)cc2c(=O)[nH]1. The van der Waals surface area contributed by atoms with Gasteiger partial charge < -0.3 is 19.4 Å². The van der Waals surface area contributed by atoms with Gasteiger partial charge in [-0.1, -0.05) is 0 Å². The third-order valence-electron chi connectivity index (χ3n) is 5.71. The maximum absolute atomic E-state index is 13.8. The molecule has 1 aliphatic rings. The first-order valence-electron chi connectivity index (χ1n) is 11.1. The van der Waals surface area contributed by atoms with E-state index in [1.807, 2.05) is 13.8 Å². The number of carbonyl (C=O) groups excluding carboxylic acids is 1. The number of aryl methyl sites for hydroxylation is 1. The molecule has 186 valence electrons. The monoisotopic (exact) mass is 490 g/mol. The number of morpholine rings is 1. The molecule has 3 heterocycles. The van der Waals surface area contributed by atoms with E-state index in [1.165, 1.54) is 32.2 Å². The molecule has 1 saturated heterocycles. The van der Waals surface area contributed by atoms with Crippen molar-refractivity contribution in [3.8, 4) is 5.75 Å². The second-order valence-corrected chi connectivity index (χ2v) is 8.71. The predicted molar refractivity (Wildman–Crippen MR) is 121 cm³/mol. The fourth-order valence-electron chi connectivity index (χ4n) is 4.25. The molecule has 1 aliphatic heterocycles. The molecule has 8 nitrogen and oxygen atoms in total. The molecule has 11 heteroatoms. The highest BCUT2D eigenvalue weighted by atomic mass is 19.4. The Labute approximate surface area is 199 Å². The van der Waals surface area contributed by atoms with Crippen LogP contribution in [-0.2, 0) is 10.9 Å². The van der Waals surface area contributed by atoms with Crippen LogP contribution >= 0.6 is 0 Å². The second kappa shape index (κ2) is 9.29. The van der Waals surface area contributed by atoms with Crippen molar-refractivity contribution < 1.29 is 27.4 Å². The van der Waals surface area contributed by atoms with Crippen molar-refractivity contribution in [1.82, 2.24) is 19.9 Å². The molecule has 3 aromatic rings. The minimum absolute atomic E-state index is 0.0297. The summed E-state index contributed by atoms with van der Waals surface area (Å²) >= 11 is 0. The van der Waals surface area contributed by atoms with Gasteiger partial charge in [-0.05, 0) is 52.0 Å². The number of benzene rings is 1. The van der Waals surface area contributed by atoms with Crippen LogP contribution in [0.1, 0.15) is 54.3 Å². The summed E-state index contributed by atoms with van der Waals surface area (Å²) in [5.74, 6) is 0.138. The molecule has 0 bridgehead atoms. The lowest BCUT2D eigenvalue weighted by atomic mass is 10.00. The van der Waals surface area contributed by atoms with Crippen LogP contribution in [0.5, 0.6) is 5.75 Å². The maximum Gasteiger partial charge on any atom is 0.416 e.